The number of rotatable bonds is 12. The van der Waals surface area contributed by atoms with Crippen molar-refractivity contribution in [2.75, 3.05) is 13.2 Å². The molecule has 0 aromatic carbocycles. The number of esters is 8. The van der Waals surface area contributed by atoms with Gasteiger partial charge >= 0.3 is 47.8 Å². The summed E-state index contributed by atoms with van der Waals surface area (Å²) >= 11 is 0. The fraction of sp³-hybridized carbons (Fsp3) is 0.765. The first-order valence-electron chi connectivity index (χ1n) is 16.7. The Labute approximate surface area is 306 Å². The highest BCUT2D eigenvalue weighted by atomic mass is 16.8. The Morgan fingerprint density at radius 1 is 0.415 bits per heavy atom. The lowest BCUT2D eigenvalue weighted by atomic mass is 9.95. The molecule has 10 atom stereocenters. The highest BCUT2D eigenvalue weighted by Gasteiger charge is 2.58. The molecule has 2 saturated heterocycles. The van der Waals surface area contributed by atoms with Gasteiger partial charge in [0.05, 0.1) is 10.8 Å². The van der Waals surface area contributed by atoms with Crippen molar-refractivity contribution in [2.24, 2.45) is 10.8 Å². The van der Waals surface area contributed by atoms with E-state index in [1.54, 1.807) is 20.8 Å². The third-order valence-corrected chi connectivity index (χ3v) is 7.26. The summed E-state index contributed by atoms with van der Waals surface area (Å²) in [6.45, 7) is 14.4. The average molecular weight is 763 g/mol. The van der Waals surface area contributed by atoms with Crippen LogP contribution in [0.15, 0.2) is 0 Å². The molecule has 0 spiro atoms. The molecule has 0 aromatic rings. The molecule has 0 aliphatic carbocycles. The lowest BCUT2D eigenvalue weighted by Gasteiger charge is -2.48. The van der Waals surface area contributed by atoms with Crippen LogP contribution in [0.25, 0.3) is 0 Å². The van der Waals surface area contributed by atoms with Crippen LogP contribution in [0.3, 0.4) is 0 Å². The van der Waals surface area contributed by atoms with Crippen molar-refractivity contribution in [3.05, 3.63) is 0 Å². The van der Waals surface area contributed by atoms with Crippen LogP contribution in [0.5, 0.6) is 0 Å². The summed E-state index contributed by atoms with van der Waals surface area (Å²) in [5, 5.41) is 0. The zero-order chi connectivity index (χ0) is 40.6. The zero-order valence-corrected chi connectivity index (χ0v) is 31.9. The number of hydrogen-bond donors (Lipinski definition) is 0. The maximum Gasteiger partial charge on any atom is 0.311 e. The number of hydrogen-bond acceptors (Lipinski definition) is 19. The van der Waals surface area contributed by atoms with Gasteiger partial charge < -0.3 is 52.1 Å². The van der Waals surface area contributed by atoms with Crippen molar-refractivity contribution < 1.29 is 90.5 Å². The molecule has 0 saturated carbocycles. The molecule has 0 radical (unpaired) electrons. The van der Waals surface area contributed by atoms with Crippen molar-refractivity contribution in [2.45, 2.75) is 144 Å². The molecule has 2 aliphatic rings. The number of carbonyl (C=O) groups is 8. The first kappa shape index (κ1) is 44.8. The van der Waals surface area contributed by atoms with E-state index in [0.717, 1.165) is 41.5 Å². The van der Waals surface area contributed by atoms with Crippen molar-refractivity contribution >= 4 is 47.8 Å². The molecule has 19 nitrogen and oxygen atoms in total. The van der Waals surface area contributed by atoms with E-state index >= 15 is 0 Å². The average Bonchev–Trinajstić information content (AvgIpc) is 2.98. The third-order valence-electron chi connectivity index (χ3n) is 7.26. The highest BCUT2D eigenvalue weighted by Crippen LogP contribution is 2.36. The Morgan fingerprint density at radius 3 is 1.08 bits per heavy atom. The summed E-state index contributed by atoms with van der Waals surface area (Å²) in [5.74, 6) is -6.83. The minimum absolute atomic E-state index is 0.598. The number of ether oxygens (including phenoxy) is 11. The van der Waals surface area contributed by atoms with Gasteiger partial charge in [0.2, 0.25) is 12.6 Å². The largest absolute Gasteiger partial charge is 0.463 e. The maximum absolute atomic E-state index is 13.3. The van der Waals surface area contributed by atoms with Crippen LogP contribution in [0.2, 0.25) is 0 Å². The summed E-state index contributed by atoms with van der Waals surface area (Å²) in [5.41, 5.74) is -2.16. The number of carbonyl (C=O) groups excluding carboxylic acids is 8. The smallest absolute Gasteiger partial charge is 0.311 e. The molecule has 0 aromatic heterocycles. The Kier molecular flexibility index (Phi) is 15.7. The Balaban J connectivity index is 2.80. The predicted octanol–water partition coefficient (Wildman–Crippen LogP) is 1.22. The summed E-state index contributed by atoms with van der Waals surface area (Å²) in [6.07, 6.45) is -16.6. The van der Waals surface area contributed by atoms with Crippen molar-refractivity contribution in [3.63, 3.8) is 0 Å². The van der Waals surface area contributed by atoms with Crippen molar-refractivity contribution in [1.29, 1.82) is 0 Å². The Bertz CT molecular complexity index is 1380. The second-order valence-electron chi connectivity index (χ2n) is 14.4. The van der Waals surface area contributed by atoms with E-state index < -0.39 is 133 Å². The van der Waals surface area contributed by atoms with E-state index in [2.05, 4.69) is 0 Å². The molecule has 2 fully saturated rings. The lowest BCUT2D eigenvalue weighted by molar-refractivity contribution is -0.378. The molecule has 2 aliphatic heterocycles. The minimum Gasteiger partial charge on any atom is -0.463 e. The van der Waals surface area contributed by atoms with Gasteiger partial charge in [0.15, 0.2) is 36.6 Å². The first-order valence-corrected chi connectivity index (χ1v) is 16.7. The van der Waals surface area contributed by atoms with E-state index in [4.69, 9.17) is 52.1 Å². The normalized spacial score (nSPS) is 28.7. The SMILES string of the molecule is CC(=O)OC[C@H]1O[C@H](O[C@H]2O[C@H](COC(=O)C(C)(C)C)[C@@H](OC(C)=O)[C@H](OC(C)=O)[C@H]2OC(C)=O)[C@H](OC(=O)C(C)(C)C)[C@@H](OC(C)=O)[C@@H]1OC(C)=O. The molecule has 0 amide bonds. The van der Waals surface area contributed by atoms with Gasteiger partial charge in [-0.25, -0.2) is 0 Å². The lowest BCUT2D eigenvalue weighted by Crippen LogP contribution is -2.67. The summed E-state index contributed by atoms with van der Waals surface area (Å²) in [7, 11) is 0. The summed E-state index contributed by atoms with van der Waals surface area (Å²) < 4.78 is 62.1. The molecule has 300 valence electrons. The van der Waals surface area contributed by atoms with Gasteiger partial charge in [-0.05, 0) is 41.5 Å². The summed E-state index contributed by atoms with van der Waals surface area (Å²) in [6, 6.07) is 0. The second-order valence-corrected chi connectivity index (χ2v) is 14.4. The van der Waals surface area contributed by atoms with Gasteiger partial charge in [-0.15, -0.1) is 0 Å². The van der Waals surface area contributed by atoms with Crippen molar-refractivity contribution in [1.82, 2.24) is 0 Å². The monoisotopic (exact) mass is 762 g/mol. The van der Waals surface area contributed by atoms with E-state index in [1.807, 2.05) is 0 Å². The van der Waals surface area contributed by atoms with E-state index in [9.17, 15) is 38.4 Å². The molecule has 53 heavy (non-hydrogen) atoms. The molecular formula is C34H50O19. The summed E-state index contributed by atoms with van der Waals surface area (Å²) in [4.78, 5) is 99.7. The van der Waals surface area contributed by atoms with Crippen LogP contribution in [-0.2, 0) is 90.5 Å². The van der Waals surface area contributed by atoms with Gasteiger partial charge in [0, 0.05) is 41.5 Å². The molecular weight excluding hydrogens is 712 g/mol. The van der Waals surface area contributed by atoms with Crippen molar-refractivity contribution in [3.8, 4) is 0 Å². The topological polar surface area (TPSA) is 238 Å². The predicted molar refractivity (Wildman–Crippen MR) is 173 cm³/mol. The molecule has 0 N–H and O–H groups in total. The molecule has 19 heteroatoms. The first-order chi connectivity index (χ1) is 24.3. The fourth-order valence-corrected chi connectivity index (χ4v) is 5.01. The van der Waals surface area contributed by atoms with Gasteiger partial charge in [-0.2, -0.15) is 0 Å². The van der Waals surface area contributed by atoms with Crippen LogP contribution in [0.1, 0.15) is 83.1 Å². The molecule has 0 bridgehead atoms. The Hall–Kier alpha value is -4.36. The van der Waals surface area contributed by atoms with Gasteiger partial charge in [-0.1, -0.05) is 0 Å². The van der Waals surface area contributed by atoms with Crippen LogP contribution in [-0.4, -0.2) is 122 Å². The van der Waals surface area contributed by atoms with E-state index in [-0.39, 0.29) is 0 Å². The van der Waals surface area contributed by atoms with Gasteiger partial charge in [-0.3, -0.25) is 38.4 Å². The molecule has 2 rings (SSSR count). The zero-order valence-electron chi connectivity index (χ0n) is 31.9. The van der Waals surface area contributed by atoms with E-state index in [1.165, 1.54) is 20.8 Å². The minimum atomic E-state index is -1.87. The van der Waals surface area contributed by atoms with Gasteiger partial charge in [0.1, 0.15) is 25.4 Å². The molecule has 0 unspecified atom stereocenters. The maximum atomic E-state index is 13.3. The van der Waals surface area contributed by atoms with Crippen LogP contribution in [0, 0.1) is 10.8 Å². The fourth-order valence-electron chi connectivity index (χ4n) is 5.01. The van der Waals surface area contributed by atoms with E-state index in [0.29, 0.717) is 0 Å². The quantitative estimate of drug-likeness (QED) is 0.201. The third kappa shape index (κ3) is 13.5. The Morgan fingerprint density at radius 2 is 0.736 bits per heavy atom. The standard InChI is InChI=1S/C34H50O19/c1-15(35)43-13-21-23(45-16(2)36)26(48-19(5)39)28(52-32(42)34(10,11)12)30(50-21)53-29-27(49-20(6)40)25(47-18(4)38)24(46-17(3)37)22(51-29)14-44-31(41)33(7,8)9/h21-30H,13-14H2,1-12H3/t21-,22-,23-,24-,25+,26+,27-,28-,29-,30-/m1/s1. The van der Waals surface area contributed by atoms with Crippen LogP contribution in [0.4, 0.5) is 0 Å². The highest BCUT2D eigenvalue weighted by molar-refractivity contribution is 5.76. The van der Waals surface area contributed by atoms with Crippen LogP contribution < -0.4 is 0 Å². The second kappa shape index (κ2) is 18.6. The van der Waals surface area contributed by atoms with Crippen LogP contribution >= 0.6 is 0 Å². The van der Waals surface area contributed by atoms with Gasteiger partial charge in [0.25, 0.3) is 0 Å². The molecule has 2 heterocycles.